The van der Waals surface area contributed by atoms with Crippen LogP contribution in [0.15, 0.2) is 29.2 Å². The van der Waals surface area contributed by atoms with Gasteiger partial charge in [-0.05, 0) is 44.4 Å². The summed E-state index contributed by atoms with van der Waals surface area (Å²) < 4.78 is 40.4. The third-order valence-electron chi connectivity index (χ3n) is 5.61. The summed E-state index contributed by atoms with van der Waals surface area (Å²) in [5.74, 6) is 0. The Bertz CT molecular complexity index is 829. The first-order chi connectivity index (χ1) is 12.6. The van der Waals surface area contributed by atoms with Gasteiger partial charge >= 0.3 is 0 Å². The van der Waals surface area contributed by atoms with Gasteiger partial charge in [0.05, 0.1) is 16.4 Å². The second-order valence-corrected chi connectivity index (χ2v) is 9.91. The first kappa shape index (κ1) is 20.2. The maximum Gasteiger partial charge on any atom is 0.243 e. The highest BCUT2D eigenvalue weighted by atomic mass is 32.2. The summed E-state index contributed by atoms with van der Waals surface area (Å²) >= 11 is 0. The molecule has 2 aliphatic rings. The van der Waals surface area contributed by atoms with Crippen LogP contribution in [-0.2, 0) is 15.6 Å². The summed E-state index contributed by atoms with van der Waals surface area (Å²) in [6.07, 6.45) is 1.84. The topological polar surface area (TPSA) is 84.6 Å². The van der Waals surface area contributed by atoms with Crippen LogP contribution in [-0.4, -0.2) is 61.6 Å². The van der Waals surface area contributed by atoms with Crippen LogP contribution in [0.3, 0.4) is 0 Å². The predicted octanol–water partition coefficient (Wildman–Crippen LogP) is 1.86. The second-order valence-electron chi connectivity index (χ2n) is 8.02. The molecule has 3 rings (SSSR count). The molecule has 8 heteroatoms. The van der Waals surface area contributed by atoms with Gasteiger partial charge in [-0.15, -0.1) is 0 Å². The van der Waals surface area contributed by atoms with Crippen molar-refractivity contribution in [3.8, 4) is 6.07 Å². The lowest BCUT2D eigenvalue weighted by Crippen LogP contribution is -2.54. The molecule has 1 N–H and O–H groups in total. The minimum absolute atomic E-state index is 0.136. The summed E-state index contributed by atoms with van der Waals surface area (Å²) in [5, 5.41) is 19.2. The van der Waals surface area contributed by atoms with Crippen molar-refractivity contribution in [2.45, 2.75) is 43.2 Å². The largest absolute Gasteiger partial charge is 0.383 e. The highest BCUT2D eigenvalue weighted by Crippen LogP contribution is 2.45. The van der Waals surface area contributed by atoms with E-state index < -0.39 is 22.3 Å². The lowest BCUT2D eigenvalue weighted by Gasteiger charge is -2.39. The van der Waals surface area contributed by atoms with Crippen molar-refractivity contribution in [3.63, 3.8) is 0 Å². The van der Waals surface area contributed by atoms with E-state index in [0.29, 0.717) is 31.7 Å². The van der Waals surface area contributed by atoms with Gasteiger partial charge in [-0.2, -0.15) is 9.57 Å². The van der Waals surface area contributed by atoms with Gasteiger partial charge in [-0.1, -0.05) is 12.1 Å². The van der Waals surface area contributed by atoms with Gasteiger partial charge in [0.1, 0.15) is 12.3 Å². The van der Waals surface area contributed by atoms with Crippen molar-refractivity contribution in [2.75, 3.05) is 32.9 Å². The van der Waals surface area contributed by atoms with Gasteiger partial charge in [0.15, 0.2) is 0 Å². The number of piperazine rings is 1. The number of halogens is 1. The van der Waals surface area contributed by atoms with Gasteiger partial charge in [0, 0.05) is 32.2 Å². The van der Waals surface area contributed by atoms with Gasteiger partial charge in [-0.25, -0.2) is 12.8 Å². The molecule has 2 fully saturated rings. The maximum absolute atomic E-state index is 13.0. The lowest BCUT2D eigenvalue weighted by molar-refractivity contribution is 0.0299. The highest BCUT2D eigenvalue weighted by molar-refractivity contribution is 7.89. The highest BCUT2D eigenvalue weighted by Gasteiger charge is 2.45. The Labute approximate surface area is 160 Å². The Morgan fingerprint density at radius 3 is 2.44 bits per heavy atom. The molecule has 6 nitrogen and oxygen atoms in total. The van der Waals surface area contributed by atoms with Gasteiger partial charge < -0.3 is 5.11 Å². The average molecular weight is 396 g/mol. The lowest BCUT2D eigenvalue weighted by atomic mass is 9.98. The molecule has 1 saturated heterocycles. The van der Waals surface area contributed by atoms with Crippen LogP contribution in [0.2, 0.25) is 0 Å². The van der Waals surface area contributed by atoms with Crippen molar-refractivity contribution in [1.29, 1.82) is 5.26 Å². The zero-order valence-electron chi connectivity index (χ0n) is 15.7. The monoisotopic (exact) mass is 395 g/mol. The van der Waals surface area contributed by atoms with Crippen LogP contribution < -0.4 is 0 Å². The van der Waals surface area contributed by atoms with Gasteiger partial charge in [0.2, 0.25) is 10.0 Å². The number of benzene rings is 1. The molecule has 0 amide bonds. The molecule has 0 aromatic heterocycles. The molecular weight excluding hydrogens is 369 g/mol. The van der Waals surface area contributed by atoms with Crippen LogP contribution in [0.25, 0.3) is 0 Å². The predicted molar refractivity (Wildman–Crippen MR) is 99.1 cm³/mol. The average Bonchev–Trinajstić information content (AvgIpc) is 3.41. The van der Waals surface area contributed by atoms with E-state index in [2.05, 4.69) is 11.0 Å². The number of aliphatic hydroxyl groups is 1. The number of hydrogen-bond acceptors (Lipinski definition) is 5. The Morgan fingerprint density at radius 2 is 1.96 bits per heavy atom. The number of hydrogen-bond donors (Lipinski definition) is 1. The van der Waals surface area contributed by atoms with Crippen LogP contribution in [0.4, 0.5) is 4.39 Å². The summed E-state index contributed by atoms with van der Waals surface area (Å²) in [5.41, 5.74) is -1.52. The van der Waals surface area contributed by atoms with E-state index in [1.165, 1.54) is 35.5 Å². The summed E-state index contributed by atoms with van der Waals surface area (Å²) in [7, 11) is -3.67. The van der Waals surface area contributed by atoms with Crippen LogP contribution in [0.1, 0.15) is 32.3 Å². The number of nitriles is 1. The van der Waals surface area contributed by atoms with Crippen molar-refractivity contribution < 1.29 is 17.9 Å². The summed E-state index contributed by atoms with van der Waals surface area (Å²) in [4.78, 5) is 2.31. The number of nitrogens with zero attached hydrogens (tertiary/aromatic N) is 3. The second kappa shape index (κ2) is 7.13. The molecule has 1 aromatic rings. The van der Waals surface area contributed by atoms with Crippen molar-refractivity contribution >= 4 is 10.0 Å². The van der Waals surface area contributed by atoms with Gasteiger partial charge in [-0.3, -0.25) is 4.90 Å². The number of sulfonamides is 1. The molecule has 1 saturated carbocycles. The first-order valence-corrected chi connectivity index (χ1v) is 10.6. The fourth-order valence-corrected chi connectivity index (χ4v) is 5.21. The third kappa shape index (κ3) is 4.02. The molecular formula is C19H26FN3O3S. The van der Waals surface area contributed by atoms with E-state index in [-0.39, 0.29) is 16.4 Å². The van der Waals surface area contributed by atoms with E-state index in [1.807, 2.05) is 6.92 Å². The Kier molecular flexibility index (Phi) is 5.34. The molecule has 0 radical (unpaired) electrons. The Balaban J connectivity index is 1.71. The molecule has 1 heterocycles. The fourth-order valence-electron chi connectivity index (χ4n) is 3.60. The molecule has 2 atom stereocenters. The van der Waals surface area contributed by atoms with E-state index in [9.17, 15) is 23.2 Å². The smallest absolute Gasteiger partial charge is 0.243 e. The minimum Gasteiger partial charge on any atom is -0.383 e. The molecule has 0 bridgehead atoms. The fraction of sp³-hybridized carbons (Fsp3) is 0.632. The van der Waals surface area contributed by atoms with Crippen molar-refractivity contribution in [3.05, 3.63) is 29.8 Å². The normalized spacial score (nSPS) is 25.5. The van der Waals surface area contributed by atoms with Crippen molar-refractivity contribution in [2.24, 2.45) is 5.41 Å². The first-order valence-electron chi connectivity index (χ1n) is 9.18. The molecule has 148 valence electrons. The molecule has 27 heavy (non-hydrogen) atoms. The third-order valence-corrected chi connectivity index (χ3v) is 7.64. The maximum atomic E-state index is 13.0. The van der Waals surface area contributed by atoms with E-state index >= 15 is 0 Å². The molecule has 1 aliphatic carbocycles. The molecule has 0 spiro atoms. The zero-order valence-corrected chi connectivity index (χ0v) is 16.5. The molecule has 1 aliphatic heterocycles. The van der Waals surface area contributed by atoms with E-state index in [0.717, 1.165) is 12.8 Å². The summed E-state index contributed by atoms with van der Waals surface area (Å²) in [6.45, 7) is 4.55. The minimum atomic E-state index is -3.67. The molecule has 1 aromatic carbocycles. The Hall–Kier alpha value is -1.53. The van der Waals surface area contributed by atoms with Crippen LogP contribution >= 0.6 is 0 Å². The quantitative estimate of drug-likeness (QED) is 0.795. The Morgan fingerprint density at radius 1 is 1.33 bits per heavy atom. The van der Waals surface area contributed by atoms with Gasteiger partial charge in [0.25, 0.3) is 0 Å². The molecule has 1 unspecified atom stereocenters. The van der Waals surface area contributed by atoms with E-state index in [4.69, 9.17) is 0 Å². The zero-order chi connectivity index (χ0) is 19.9. The van der Waals surface area contributed by atoms with E-state index in [1.54, 1.807) is 0 Å². The van der Waals surface area contributed by atoms with Crippen LogP contribution in [0.5, 0.6) is 0 Å². The standard InChI is InChI=1S/C19H26FN3O3S/c1-15-11-22(14-19(13-21)7-8-19)9-10-23(15)27(25,26)17-5-3-16(4-6-17)18(2,24)12-20/h3-6,15,24H,7-12,14H2,1-2H3/t15-,18?/m1/s1. The van der Waals surface area contributed by atoms with Crippen molar-refractivity contribution in [1.82, 2.24) is 9.21 Å². The van der Waals surface area contributed by atoms with Crippen LogP contribution in [0, 0.1) is 16.7 Å². The number of alkyl halides is 1. The SMILES string of the molecule is C[C@@H]1CN(CC2(C#N)CC2)CCN1S(=O)(=O)c1ccc(C(C)(O)CF)cc1. The number of rotatable bonds is 6. The summed E-state index contributed by atoms with van der Waals surface area (Å²) in [6, 6.07) is 7.93.